The van der Waals surface area contributed by atoms with E-state index >= 15 is 0 Å². The third-order valence-electron chi connectivity index (χ3n) is 3.43. The molecule has 1 aromatic rings. The Bertz CT molecular complexity index is 522. The Labute approximate surface area is 111 Å². The molecule has 6 nitrogen and oxygen atoms in total. The van der Waals surface area contributed by atoms with Crippen LogP contribution in [0.15, 0.2) is 12.1 Å². The van der Waals surface area contributed by atoms with Crippen molar-refractivity contribution >= 4 is 17.3 Å². The van der Waals surface area contributed by atoms with Gasteiger partial charge < -0.3 is 10.6 Å². The molecule has 1 amide bonds. The van der Waals surface area contributed by atoms with Gasteiger partial charge in [-0.25, -0.2) is 0 Å². The molecule has 1 unspecified atom stereocenters. The predicted octanol–water partition coefficient (Wildman–Crippen LogP) is 1.76. The number of aryl methyl sites for hydroxylation is 2. The molecule has 1 atom stereocenters. The average molecular weight is 263 g/mol. The maximum atomic E-state index is 12.0. The van der Waals surface area contributed by atoms with E-state index in [4.69, 9.17) is 0 Å². The van der Waals surface area contributed by atoms with Crippen LogP contribution in [0, 0.1) is 29.9 Å². The lowest BCUT2D eigenvalue weighted by atomic mass is 10.1. The molecular weight excluding hydrogens is 246 g/mol. The van der Waals surface area contributed by atoms with Gasteiger partial charge >= 0.3 is 0 Å². The van der Waals surface area contributed by atoms with Crippen molar-refractivity contribution in [3.05, 3.63) is 33.4 Å². The predicted molar refractivity (Wildman–Crippen MR) is 72.2 cm³/mol. The van der Waals surface area contributed by atoms with Gasteiger partial charge in [-0.1, -0.05) is 0 Å². The first-order valence-electron chi connectivity index (χ1n) is 6.26. The van der Waals surface area contributed by atoms with Crippen molar-refractivity contribution in [2.24, 2.45) is 5.92 Å². The highest BCUT2D eigenvalue weighted by molar-refractivity contribution is 5.93. The molecule has 1 heterocycles. The minimum Gasteiger partial charge on any atom is -0.326 e. The Morgan fingerprint density at radius 1 is 1.42 bits per heavy atom. The minimum absolute atomic E-state index is 0.0186. The molecule has 0 aliphatic carbocycles. The number of rotatable bonds is 3. The number of nitro groups is 1. The van der Waals surface area contributed by atoms with E-state index < -0.39 is 4.92 Å². The molecule has 2 rings (SSSR count). The fourth-order valence-corrected chi connectivity index (χ4v) is 2.25. The number of carbonyl (C=O) groups excluding carboxylic acids is 1. The summed E-state index contributed by atoms with van der Waals surface area (Å²) in [5.74, 6) is -0.0451. The second kappa shape index (κ2) is 5.36. The van der Waals surface area contributed by atoms with Crippen LogP contribution in [0.3, 0.4) is 0 Å². The molecule has 1 aliphatic rings. The molecule has 1 aliphatic heterocycles. The molecule has 0 spiro atoms. The lowest BCUT2D eigenvalue weighted by molar-refractivity contribution is -0.385. The van der Waals surface area contributed by atoms with E-state index in [0.29, 0.717) is 23.4 Å². The SMILES string of the molecule is Cc1cc([N+](=O)[O-])c(C)cc1NC(=O)C1CCNC1. The van der Waals surface area contributed by atoms with Gasteiger partial charge in [0.1, 0.15) is 0 Å². The molecule has 19 heavy (non-hydrogen) atoms. The number of carbonyl (C=O) groups is 1. The molecule has 1 fully saturated rings. The lowest BCUT2D eigenvalue weighted by Crippen LogP contribution is -2.25. The van der Waals surface area contributed by atoms with E-state index in [-0.39, 0.29) is 17.5 Å². The molecule has 2 N–H and O–H groups in total. The summed E-state index contributed by atoms with van der Waals surface area (Å²) in [6.07, 6.45) is 0.830. The Kier molecular flexibility index (Phi) is 3.80. The summed E-state index contributed by atoms with van der Waals surface area (Å²) in [6, 6.07) is 3.16. The normalized spacial score (nSPS) is 18.3. The van der Waals surface area contributed by atoms with Crippen LogP contribution in [0.25, 0.3) is 0 Å². The first-order chi connectivity index (χ1) is 8.99. The molecular formula is C13H17N3O3. The van der Waals surface area contributed by atoms with Crippen LogP contribution in [-0.2, 0) is 4.79 Å². The third-order valence-corrected chi connectivity index (χ3v) is 3.43. The first kappa shape index (κ1) is 13.5. The maximum absolute atomic E-state index is 12.0. The van der Waals surface area contributed by atoms with Gasteiger partial charge in [0, 0.05) is 23.9 Å². The highest BCUT2D eigenvalue weighted by Crippen LogP contribution is 2.26. The maximum Gasteiger partial charge on any atom is 0.272 e. The third kappa shape index (κ3) is 2.90. The standard InChI is InChI=1S/C13H17N3O3/c1-8-6-12(16(18)19)9(2)5-11(8)15-13(17)10-3-4-14-7-10/h5-6,10,14H,3-4,7H2,1-2H3,(H,15,17). The van der Waals surface area contributed by atoms with Gasteiger partial charge in [-0.05, 0) is 38.4 Å². The summed E-state index contributed by atoms with van der Waals surface area (Å²) < 4.78 is 0. The van der Waals surface area contributed by atoms with Gasteiger partial charge in [0.25, 0.3) is 5.69 Å². The van der Waals surface area contributed by atoms with E-state index in [1.165, 1.54) is 6.07 Å². The van der Waals surface area contributed by atoms with Gasteiger partial charge in [0.05, 0.1) is 10.8 Å². The molecule has 102 valence electrons. The van der Waals surface area contributed by atoms with Crippen LogP contribution < -0.4 is 10.6 Å². The minimum atomic E-state index is -0.408. The average Bonchev–Trinajstić information content (AvgIpc) is 2.86. The Hall–Kier alpha value is -1.95. The second-order valence-electron chi connectivity index (χ2n) is 4.89. The van der Waals surface area contributed by atoms with Crippen molar-refractivity contribution in [2.45, 2.75) is 20.3 Å². The zero-order chi connectivity index (χ0) is 14.0. The largest absolute Gasteiger partial charge is 0.326 e. The quantitative estimate of drug-likeness (QED) is 0.643. The zero-order valence-electron chi connectivity index (χ0n) is 11.0. The van der Waals surface area contributed by atoms with Gasteiger partial charge in [0.15, 0.2) is 0 Å². The molecule has 0 bridgehead atoms. The van der Waals surface area contributed by atoms with Crippen molar-refractivity contribution in [1.82, 2.24) is 5.32 Å². The fourth-order valence-electron chi connectivity index (χ4n) is 2.25. The van der Waals surface area contributed by atoms with Crippen molar-refractivity contribution < 1.29 is 9.72 Å². The number of hydrogen-bond acceptors (Lipinski definition) is 4. The summed E-state index contributed by atoms with van der Waals surface area (Å²) >= 11 is 0. The molecule has 0 saturated carbocycles. The Morgan fingerprint density at radius 3 is 2.74 bits per heavy atom. The first-order valence-corrected chi connectivity index (χ1v) is 6.26. The monoisotopic (exact) mass is 263 g/mol. The molecule has 0 aromatic heterocycles. The van der Waals surface area contributed by atoms with Crippen LogP contribution >= 0.6 is 0 Å². The van der Waals surface area contributed by atoms with E-state index in [0.717, 1.165) is 13.0 Å². The van der Waals surface area contributed by atoms with E-state index in [1.807, 2.05) is 0 Å². The van der Waals surface area contributed by atoms with E-state index in [9.17, 15) is 14.9 Å². The van der Waals surface area contributed by atoms with Crippen molar-refractivity contribution in [3.8, 4) is 0 Å². The summed E-state index contributed by atoms with van der Waals surface area (Å²) in [7, 11) is 0. The number of nitrogens with one attached hydrogen (secondary N) is 2. The van der Waals surface area contributed by atoms with E-state index in [1.54, 1.807) is 19.9 Å². The van der Waals surface area contributed by atoms with E-state index in [2.05, 4.69) is 10.6 Å². The highest BCUT2D eigenvalue weighted by atomic mass is 16.6. The number of anilines is 1. The number of nitro benzene ring substituents is 1. The van der Waals surface area contributed by atoms with Gasteiger partial charge in [0.2, 0.25) is 5.91 Å². The van der Waals surface area contributed by atoms with Gasteiger partial charge in [-0.3, -0.25) is 14.9 Å². The number of nitrogens with zero attached hydrogens (tertiary/aromatic N) is 1. The van der Waals surface area contributed by atoms with Gasteiger partial charge in [-0.15, -0.1) is 0 Å². The fraction of sp³-hybridized carbons (Fsp3) is 0.462. The summed E-state index contributed by atoms with van der Waals surface area (Å²) in [5, 5.41) is 16.8. The van der Waals surface area contributed by atoms with Crippen molar-refractivity contribution in [1.29, 1.82) is 0 Å². The van der Waals surface area contributed by atoms with Crippen molar-refractivity contribution in [3.63, 3.8) is 0 Å². The van der Waals surface area contributed by atoms with Crippen LogP contribution in [0.1, 0.15) is 17.5 Å². The van der Waals surface area contributed by atoms with Crippen LogP contribution in [0.2, 0.25) is 0 Å². The Morgan fingerprint density at radius 2 is 2.16 bits per heavy atom. The summed E-state index contributed by atoms with van der Waals surface area (Å²) in [5.41, 5.74) is 1.99. The molecule has 6 heteroatoms. The Balaban J connectivity index is 2.18. The second-order valence-corrected chi connectivity index (χ2v) is 4.89. The van der Waals surface area contributed by atoms with Crippen LogP contribution in [-0.4, -0.2) is 23.9 Å². The topological polar surface area (TPSA) is 84.3 Å². The summed E-state index contributed by atoms with van der Waals surface area (Å²) in [6.45, 7) is 4.98. The molecule has 1 saturated heterocycles. The van der Waals surface area contributed by atoms with Crippen LogP contribution in [0.5, 0.6) is 0 Å². The van der Waals surface area contributed by atoms with Crippen LogP contribution in [0.4, 0.5) is 11.4 Å². The molecule has 1 aromatic carbocycles. The van der Waals surface area contributed by atoms with Crippen molar-refractivity contribution in [2.75, 3.05) is 18.4 Å². The highest BCUT2D eigenvalue weighted by Gasteiger charge is 2.23. The smallest absolute Gasteiger partial charge is 0.272 e. The lowest BCUT2D eigenvalue weighted by Gasteiger charge is -2.12. The zero-order valence-corrected chi connectivity index (χ0v) is 11.0. The number of hydrogen-bond donors (Lipinski definition) is 2. The summed E-state index contributed by atoms with van der Waals surface area (Å²) in [4.78, 5) is 22.4. The number of benzene rings is 1. The molecule has 0 radical (unpaired) electrons. The number of amides is 1. The van der Waals surface area contributed by atoms with Gasteiger partial charge in [-0.2, -0.15) is 0 Å².